The van der Waals surface area contributed by atoms with Crippen LogP contribution in [0.15, 0.2) is 30.3 Å². The third-order valence-electron chi connectivity index (χ3n) is 4.06. The van der Waals surface area contributed by atoms with Crippen molar-refractivity contribution in [2.45, 2.75) is 33.4 Å². The minimum atomic E-state index is -0.279. The van der Waals surface area contributed by atoms with E-state index in [1.165, 1.54) is 5.56 Å². The van der Waals surface area contributed by atoms with Crippen LogP contribution in [-0.4, -0.2) is 28.8 Å². The normalized spacial score (nSPS) is 13.9. The summed E-state index contributed by atoms with van der Waals surface area (Å²) >= 11 is 0. The van der Waals surface area contributed by atoms with Gasteiger partial charge in [0.05, 0.1) is 29.7 Å². The number of nitrogens with zero attached hydrogens (tertiary/aromatic N) is 2. The summed E-state index contributed by atoms with van der Waals surface area (Å²) in [6, 6.07) is 9.83. The molecule has 0 radical (unpaired) electrons. The van der Waals surface area contributed by atoms with Crippen LogP contribution in [0.5, 0.6) is 0 Å². The van der Waals surface area contributed by atoms with Gasteiger partial charge < -0.3 is 10.6 Å². The molecule has 0 aliphatic carbocycles. The molecular formula is C16H23N4O+. The van der Waals surface area contributed by atoms with Crippen LogP contribution < -0.4 is 10.6 Å². The summed E-state index contributed by atoms with van der Waals surface area (Å²) in [5.74, 6) is -0.279. The van der Waals surface area contributed by atoms with Crippen LogP contribution in [0.2, 0.25) is 0 Å². The van der Waals surface area contributed by atoms with E-state index >= 15 is 0 Å². The summed E-state index contributed by atoms with van der Waals surface area (Å²) in [5, 5.41) is 4.62. The monoisotopic (exact) mass is 287 g/mol. The maximum Gasteiger partial charge on any atom is 0.275 e. The molecule has 5 heteroatoms. The Bertz CT molecular complexity index is 633. The average molecular weight is 287 g/mol. The number of aromatic nitrogens is 2. The highest BCUT2D eigenvalue weighted by atomic mass is 16.1. The Morgan fingerprint density at radius 2 is 1.95 bits per heavy atom. The number of nitrogens with one attached hydrogen (secondary N) is 1. The molecule has 5 nitrogen and oxygen atoms in total. The van der Waals surface area contributed by atoms with Crippen molar-refractivity contribution >= 4 is 5.91 Å². The average Bonchev–Trinajstić information content (AvgIpc) is 2.75. The van der Waals surface area contributed by atoms with Gasteiger partial charge in [0.25, 0.3) is 5.91 Å². The molecule has 0 bridgehead atoms. The zero-order chi connectivity index (χ0) is 15.6. The fourth-order valence-corrected chi connectivity index (χ4v) is 2.43. The Kier molecular flexibility index (Phi) is 4.43. The van der Waals surface area contributed by atoms with Gasteiger partial charge in [-0.1, -0.05) is 18.2 Å². The molecule has 2 atom stereocenters. The number of likely N-dealkylation sites (N-methyl/N-ethyl adjacent to an activating group) is 1. The number of para-hydroxylation sites is 1. The number of nitrogens with two attached hydrogens (primary N) is 1. The number of amides is 1. The lowest BCUT2D eigenvalue weighted by Gasteiger charge is -2.19. The van der Waals surface area contributed by atoms with Gasteiger partial charge in [0.15, 0.2) is 6.04 Å². The molecule has 3 N–H and O–H groups in total. The molecule has 1 amide bonds. The smallest absolute Gasteiger partial charge is 0.275 e. The molecule has 1 aromatic heterocycles. The van der Waals surface area contributed by atoms with Gasteiger partial charge in [-0.3, -0.25) is 4.79 Å². The van der Waals surface area contributed by atoms with E-state index in [9.17, 15) is 4.79 Å². The number of rotatable bonds is 5. The summed E-state index contributed by atoms with van der Waals surface area (Å²) in [4.78, 5) is 12.4. The number of hydrogen-bond acceptors (Lipinski definition) is 2. The molecule has 0 fully saturated rings. The highest BCUT2D eigenvalue weighted by molar-refractivity contribution is 5.77. The Hall–Kier alpha value is -2.14. The molecular weight excluding hydrogens is 264 g/mol. The molecule has 0 saturated heterocycles. The maximum atomic E-state index is 11.3. The van der Waals surface area contributed by atoms with E-state index in [0.717, 1.165) is 28.5 Å². The summed E-state index contributed by atoms with van der Waals surface area (Å²) in [6.45, 7) is 6.65. The zero-order valence-electron chi connectivity index (χ0n) is 13.1. The third-order valence-corrected chi connectivity index (χ3v) is 4.06. The Balaban J connectivity index is 2.30. The lowest BCUT2D eigenvalue weighted by Crippen LogP contribution is -3.12. The molecule has 1 heterocycles. The lowest BCUT2D eigenvalue weighted by atomic mass is 10.1. The largest absolute Gasteiger partial charge is 0.365 e. The van der Waals surface area contributed by atoms with E-state index < -0.39 is 0 Å². The summed E-state index contributed by atoms with van der Waals surface area (Å²) in [6.07, 6.45) is 0. The van der Waals surface area contributed by atoms with Crippen molar-refractivity contribution in [2.75, 3.05) is 7.05 Å². The van der Waals surface area contributed by atoms with Crippen LogP contribution >= 0.6 is 0 Å². The van der Waals surface area contributed by atoms with Gasteiger partial charge in [-0.2, -0.15) is 5.10 Å². The second kappa shape index (κ2) is 6.10. The summed E-state index contributed by atoms with van der Waals surface area (Å²) in [5.41, 5.74) is 9.70. The topological polar surface area (TPSA) is 65.3 Å². The van der Waals surface area contributed by atoms with E-state index in [1.807, 2.05) is 55.9 Å². The molecule has 0 aliphatic rings. The third kappa shape index (κ3) is 3.13. The molecule has 1 aromatic carbocycles. The summed E-state index contributed by atoms with van der Waals surface area (Å²) in [7, 11) is 1.98. The SMILES string of the molecule is Cc1nn(-c2ccccc2)c(C)c1C[NH+](C)[C@H](C)C(N)=O. The van der Waals surface area contributed by atoms with E-state index in [1.54, 1.807) is 0 Å². The van der Waals surface area contributed by atoms with Crippen molar-refractivity contribution in [2.24, 2.45) is 5.73 Å². The van der Waals surface area contributed by atoms with Gasteiger partial charge >= 0.3 is 0 Å². The van der Waals surface area contributed by atoms with Crippen LogP contribution in [0, 0.1) is 13.8 Å². The van der Waals surface area contributed by atoms with Crippen molar-refractivity contribution in [3.05, 3.63) is 47.3 Å². The van der Waals surface area contributed by atoms with Crippen molar-refractivity contribution in [1.82, 2.24) is 9.78 Å². The molecule has 2 aromatic rings. The van der Waals surface area contributed by atoms with Crippen LogP contribution in [-0.2, 0) is 11.3 Å². The zero-order valence-corrected chi connectivity index (χ0v) is 13.1. The van der Waals surface area contributed by atoms with Gasteiger partial charge in [-0.15, -0.1) is 0 Å². The summed E-state index contributed by atoms with van der Waals surface area (Å²) < 4.78 is 1.95. The highest BCUT2D eigenvalue weighted by Crippen LogP contribution is 2.16. The number of carbonyl (C=O) groups excluding carboxylic acids is 1. The first kappa shape index (κ1) is 15.3. The quantitative estimate of drug-likeness (QED) is 0.835. The number of carbonyl (C=O) groups is 1. The van der Waals surface area contributed by atoms with Gasteiger partial charge in [0.1, 0.15) is 6.54 Å². The van der Waals surface area contributed by atoms with Crippen LogP contribution in [0.1, 0.15) is 23.9 Å². The van der Waals surface area contributed by atoms with Gasteiger partial charge in [-0.05, 0) is 32.9 Å². The number of hydrogen-bond donors (Lipinski definition) is 2. The van der Waals surface area contributed by atoms with E-state index in [2.05, 4.69) is 12.0 Å². The molecule has 0 aliphatic heterocycles. The molecule has 2 rings (SSSR count). The van der Waals surface area contributed by atoms with Crippen molar-refractivity contribution in [1.29, 1.82) is 0 Å². The fraction of sp³-hybridized carbons (Fsp3) is 0.375. The van der Waals surface area contributed by atoms with Crippen LogP contribution in [0.3, 0.4) is 0 Å². The van der Waals surface area contributed by atoms with Gasteiger partial charge in [-0.25, -0.2) is 4.68 Å². The van der Waals surface area contributed by atoms with E-state index in [0.29, 0.717) is 0 Å². The Morgan fingerprint density at radius 1 is 1.33 bits per heavy atom. The molecule has 0 saturated carbocycles. The van der Waals surface area contributed by atoms with Gasteiger partial charge in [0, 0.05) is 0 Å². The number of aryl methyl sites for hydroxylation is 1. The van der Waals surface area contributed by atoms with Crippen molar-refractivity contribution in [3.8, 4) is 5.69 Å². The lowest BCUT2D eigenvalue weighted by molar-refractivity contribution is -0.908. The van der Waals surface area contributed by atoms with Crippen LogP contribution in [0.4, 0.5) is 0 Å². The standard InChI is InChI=1S/C16H22N4O/c1-11-15(10-19(4)13(3)16(17)21)12(2)20(18-11)14-8-6-5-7-9-14/h5-9,13H,10H2,1-4H3,(H2,17,21)/p+1/t13-/m1/s1. The van der Waals surface area contributed by atoms with E-state index in [-0.39, 0.29) is 11.9 Å². The predicted octanol–water partition coefficient (Wildman–Crippen LogP) is 0.378. The highest BCUT2D eigenvalue weighted by Gasteiger charge is 2.22. The Morgan fingerprint density at radius 3 is 2.52 bits per heavy atom. The number of primary amides is 1. The number of benzene rings is 1. The second-order valence-electron chi connectivity index (χ2n) is 5.54. The fourth-order valence-electron chi connectivity index (χ4n) is 2.43. The predicted molar refractivity (Wildman–Crippen MR) is 82.3 cm³/mol. The first-order valence-electron chi connectivity index (χ1n) is 7.14. The van der Waals surface area contributed by atoms with E-state index in [4.69, 9.17) is 5.73 Å². The minimum absolute atomic E-state index is 0.219. The van der Waals surface area contributed by atoms with Crippen molar-refractivity contribution < 1.29 is 9.69 Å². The van der Waals surface area contributed by atoms with Gasteiger partial charge in [0.2, 0.25) is 0 Å². The first-order valence-corrected chi connectivity index (χ1v) is 7.14. The number of quaternary nitrogens is 1. The second-order valence-corrected chi connectivity index (χ2v) is 5.54. The molecule has 0 spiro atoms. The van der Waals surface area contributed by atoms with Crippen molar-refractivity contribution in [3.63, 3.8) is 0 Å². The minimum Gasteiger partial charge on any atom is -0.365 e. The molecule has 1 unspecified atom stereocenters. The maximum absolute atomic E-state index is 11.3. The molecule has 112 valence electrons. The Labute approximate surface area is 125 Å². The van der Waals surface area contributed by atoms with Crippen LogP contribution in [0.25, 0.3) is 5.69 Å². The molecule has 21 heavy (non-hydrogen) atoms. The first-order chi connectivity index (χ1) is 9.91.